The van der Waals surface area contributed by atoms with Crippen molar-refractivity contribution < 1.29 is 9.94 Å². The van der Waals surface area contributed by atoms with Gasteiger partial charge in [-0.15, -0.1) is 0 Å². The molecule has 1 aliphatic heterocycles. The van der Waals surface area contributed by atoms with Crippen molar-refractivity contribution in [1.29, 1.82) is 0 Å². The maximum Gasteiger partial charge on any atom is 0.109 e. The number of aliphatic hydroxyl groups excluding tert-OH is 1. The van der Waals surface area contributed by atoms with Crippen LogP contribution >= 0.6 is 0 Å². The van der Waals surface area contributed by atoms with Gasteiger partial charge in [0, 0.05) is 6.54 Å². The lowest BCUT2D eigenvalue weighted by Crippen LogP contribution is -2.37. The molecule has 3 heteroatoms. The quantitative estimate of drug-likeness (QED) is 0.774. The zero-order chi connectivity index (χ0) is 9.80. The number of benzene rings is 1. The minimum Gasteiger partial charge on any atom is -0.394 e. The van der Waals surface area contributed by atoms with Crippen molar-refractivity contribution in [3.05, 3.63) is 30.3 Å². The molecule has 76 valence electrons. The van der Waals surface area contributed by atoms with Crippen LogP contribution in [0.4, 0.5) is 5.69 Å². The normalized spacial score (nSPS) is 22.4. The molecule has 0 bridgehead atoms. The highest BCUT2D eigenvalue weighted by Gasteiger charge is 2.19. The van der Waals surface area contributed by atoms with Gasteiger partial charge in [-0.3, -0.25) is 9.90 Å². The fourth-order valence-electron chi connectivity index (χ4n) is 1.66. The Hall–Kier alpha value is -1.06. The Kier molecular flexibility index (Phi) is 3.01. The van der Waals surface area contributed by atoms with Crippen LogP contribution in [0.15, 0.2) is 30.3 Å². The van der Waals surface area contributed by atoms with Gasteiger partial charge in [0.05, 0.1) is 12.3 Å². The second-order valence-corrected chi connectivity index (χ2v) is 3.49. The largest absolute Gasteiger partial charge is 0.394 e. The summed E-state index contributed by atoms with van der Waals surface area (Å²) in [7, 11) is 0. The summed E-state index contributed by atoms with van der Waals surface area (Å²) in [5.74, 6) is 0. The van der Waals surface area contributed by atoms with E-state index in [4.69, 9.17) is 9.94 Å². The van der Waals surface area contributed by atoms with E-state index < -0.39 is 0 Å². The molecular formula is C11H15NO2. The Morgan fingerprint density at radius 3 is 2.86 bits per heavy atom. The third-order valence-electron chi connectivity index (χ3n) is 2.41. The van der Waals surface area contributed by atoms with Gasteiger partial charge in [-0.25, -0.2) is 0 Å². The van der Waals surface area contributed by atoms with E-state index in [9.17, 15) is 0 Å². The molecule has 1 saturated heterocycles. The summed E-state index contributed by atoms with van der Waals surface area (Å²) in [5.41, 5.74) is 1.06. The molecule has 0 radical (unpaired) electrons. The lowest BCUT2D eigenvalue weighted by molar-refractivity contribution is -0.0296. The lowest BCUT2D eigenvalue weighted by atomic mass is 10.2. The summed E-state index contributed by atoms with van der Waals surface area (Å²) < 4.78 is 0. The van der Waals surface area contributed by atoms with Crippen LogP contribution in [-0.4, -0.2) is 24.4 Å². The predicted molar refractivity (Wildman–Crippen MR) is 55.0 cm³/mol. The molecule has 2 rings (SSSR count). The molecule has 3 nitrogen and oxygen atoms in total. The summed E-state index contributed by atoms with van der Waals surface area (Å²) in [6, 6.07) is 9.99. The van der Waals surface area contributed by atoms with Crippen molar-refractivity contribution in [2.45, 2.75) is 18.9 Å². The van der Waals surface area contributed by atoms with Crippen LogP contribution in [0.25, 0.3) is 0 Å². The number of anilines is 1. The minimum atomic E-state index is -0.0380. The minimum absolute atomic E-state index is 0.0380. The summed E-state index contributed by atoms with van der Waals surface area (Å²) in [5, 5.41) is 10.9. The lowest BCUT2D eigenvalue weighted by Gasteiger charge is -2.32. The van der Waals surface area contributed by atoms with Gasteiger partial charge in [0.25, 0.3) is 0 Å². The zero-order valence-electron chi connectivity index (χ0n) is 8.10. The molecule has 1 aliphatic rings. The topological polar surface area (TPSA) is 32.7 Å². The first kappa shape index (κ1) is 9.49. The van der Waals surface area contributed by atoms with E-state index in [2.05, 4.69) is 0 Å². The third kappa shape index (κ3) is 2.05. The second-order valence-electron chi connectivity index (χ2n) is 3.49. The van der Waals surface area contributed by atoms with Crippen molar-refractivity contribution in [1.82, 2.24) is 0 Å². The molecular weight excluding hydrogens is 178 g/mol. The van der Waals surface area contributed by atoms with Crippen molar-refractivity contribution in [2.75, 3.05) is 18.2 Å². The maximum absolute atomic E-state index is 9.00. The van der Waals surface area contributed by atoms with Gasteiger partial charge < -0.3 is 5.11 Å². The van der Waals surface area contributed by atoms with Gasteiger partial charge in [-0.1, -0.05) is 18.2 Å². The number of hydrogen-bond donors (Lipinski definition) is 1. The maximum atomic E-state index is 9.00. The molecule has 1 atom stereocenters. The summed E-state index contributed by atoms with van der Waals surface area (Å²) in [6.07, 6.45) is 1.98. The summed E-state index contributed by atoms with van der Waals surface area (Å²) in [6.45, 7) is 1.00. The molecule has 0 aliphatic carbocycles. The van der Waals surface area contributed by atoms with E-state index in [-0.39, 0.29) is 12.7 Å². The molecule has 0 aromatic heterocycles. The van der Waals surface area contributed by atoms with Gasteiger partial charge >= 0.3 is 0 Å². The Labute approximate surface area is 83.9 Å². The molecule has 1 fully saturated rings. The van der Waals surface area contributed by atoms with E-state index in [1.165, 1.54) is 0 Å². The van der Waals surface area contributed by atoms with Crippen LogP contribution in [0.3, 0.4) is 0 Å². The van der Waals surface area contributed by atoms with E-state index in [1.54, 1.807) is 0 Å². The van der Waals surface area contributed by atoms with Crippen LogP contribution in [0.5, 0.6) is 0 Å². The van der Waals surface area contributed by atoms with Crippen LogP contribution < -0.4 is 5.06 Å². The van der Waals surface area contributed by atoms with E-state index in [1.807, 2.05) is 35.4 Å². The Bertz CT molecular complexity index is 276. The first-order chi connectivity index (χ1) is 6.90. The second kappa shape index (κ2) is 4.44. The Morgan fingerprint density at radius 2 is 2.14 bits per heavy atom. The zero-order valence-corrected chi connectivity index (χ0v) is 8.10. The smallest absolute Gasteiger partial charge is 0.109 e. The van der Waals surface area contributed by atoms with Crippen LogP contribution in [-0.2, 0) is 4.84 Å². The molecule has 0 spiro atoms. The molecule has 1 N–H and O–H groups in total. The van der Waals surface area contributed by atoms with E-state index >= 15 is 0 Å². The molecule has 0 amide bonds. The predicted octanol–water partition coefficient (Wildman–Crippen LogP) is 1.58. The molecule has 1 aromatic carbocycles. The highest BCUT2D eigenvalue weighted by Crippen LogP contribution is 2.21. The summed E-state index contributed by atoms with van der Waals surface area (Å²) in [4.78, 5) is 5.60. The number of para-hydroxylation sites is 1. The van der Waals surface area contributed by atoms with Crippen LogP contribution in [0, 0.1) is 0 Å². The summed E-state index contributed by atoms with van der Waals surface area (Å²) >= 11 is 0. The highest BCUT2D eigenvalue weighted by molar-refractivity contribution is 5.43. The fraction of sp³-hybridized carbons (Fsp3) is 0.455. The van der Waals surface area contributed by atoms with Gasteiger partial charge in [-0.05, 0) is 25.0 Å². The third-order valence-corrected chi connectivity index (χ3v) is 2.41. The van der Waals surface area contributed by atoms with Crippen molar-refractivity contribution >= 4 is 5.69 Å². The van der Waals surface area contributed by atoms with Gasteiger partial charge in [-0.2, -0.15) is 0 Å². The number of rotatable bonds is 2. The van der Waals surface area contributed by atoms with E-state index in [0.717, 1.165) is 25.1 Å². The average molecular weight is 193 g/mol. The van der Waals surface area contributed by atoms with Crippen LogP contribution in [0.2, 0.25) is 0 Å². The molecule has 0 saturated carbocycles. The SMILES string of the molecule is OC[C@H]1CCCN(c2ccccc2)O1. The molecule has 14 heavy (non-hydrogen) atoms. The Morgan fingerprint density at radius 1 is 1.36 bits per heavy atom. The molecule has 0 unspecified atom stereocenters. The Balaban J connectivity index is 2.04. The fourth-order valence-corrected chi connectivity index (χ4v) is 1.66. The molecule has 1 aromatic rings. The van der Waals surface area contributed by atoms with Crippen molar-refractivity contribution in [3.63, 3.8) is 0 Å². The van der Waals surface area contributed by atoms with Gasteiger partial charge in [0.15, 0.2) is 0 Å². The average Bonchev–Trinajstić information content (AvgIpc) is 2.30. The number of hydrogen-bond acceptors (Lipinski definition) is 3. The first-order valence-electron chi connectivity index (χ1n) is 5.00. The van der Waals surface area contributed by atoms with Gasteiger partial charge in [0.1, 0.15) is 6.10 Å². The number of aliphatic hydroxyl groups is 1. The molecule has 1 heterocycles. The van der Waals surface area contributed by atoms with Crippen molar-refractivity contribution in [3.8, 4) is 0 Å². The number of nitrogens with zero attached hydrogens (tertiary/aromatic N) is 1. The van der Waals surface area contributed by atoms with Gasteiger partial charge in [0.2, 0.25) is 0 Å². The standard InChI is InChI=1S/C11H15NO2/c13-9-11-7-4-8-12(14-11)10-5-2-1-3-6-10/h1-3,5-6,11,13H,4,7-9H2/t11-/m1/s1. The number of hydroxylamine groups is 1. The van der Waals surface area contributed by atoms with E-state index in [0.29, 0.717) is 0 Å². The first-order valence-corrected chi connectivity index (χ1v) is 5.00. The van der Waals surface area contributed by atoms with Crippen LogP contribution in [0.1, 0.15) is 12.8 Å². The van der Waals surface area contributed by atoms with Crippen molar-refractivity contribution in [2.24, 2.45) is 0 Å². The monoisotopic (exact) mass is 193 g/mol. The highest BCUT2D eigenvalue weighted by atomic mass is 16.7.